The minimum Gasteiger partial charge on any atom is -0.484 e. The van der Waals surface area contributed by atoms with E-state index in [2.05, 4.69) is 4.74 Å². The molecule has 1 aliphatic heterocycles. The zero-order chi connectivity index (χ0) is 13.0. The fourth-order valence-corrected chi connectivity index (χ4v) is 3.49. The second-order valence-electron chi connectivity index (χ2n) is 3.89. The van der Waals surface area contributed by atoms with Crippen molar-refractivity contribution in [1.82, 2.24) is 0 Å². The molecular formula is C12H14F3O2S+. The van der Waals surface area contributed by atoms with Gasteiger partial charge in [-0.2, -0.15) is 13.2 Å². The minimum absolute atomic E-state index is 0.160. The number of benzene rings is 1. The van der Waals surface area contributed by atoms with Crippen LogP contribution in [-0.2, 0) is 15.6 Å². The summed E-state index contributed by atoms with van der Waals surface area (Å²) in [5.41, 5.74) is 0. The normalized spacial score (nSPS) is 17.7. The third-order valence-corrected chi connectivity index (χ3v) is 4.77. The zero-order valence-electron chi connectivity index (χ0n) is 9.70. The van der Waals surface area contributed by atoms with Crippen LogP contribution in [0.2, 0.25) is 0 Å². The van der Waals surface area contributed by atoms with Gasteiger partial charge in [-0.15, -0.1) is 0 Å². The molecule has 2 nitrogen and oxygen atoms in total. The van der Waals surface area contributed by atoms with Gasteiger partial charge in [0, 0.05) is 10.9 Å². The van der Waals surface area contributed by atoms with Crippen LogP contribution < -0.4 is 4.74 Å². The first-order valence-corrected chi connectivity index (χ1v) is 7.16. The SMILES string of the molecule is FC(F)(F)COc1ccc([S+]2CCOCC2)cc1. The van der Waals surface area contributed by atoms with Crippen molar-refractivity contribution in [2.75, 3.05) is 31.3 Å². The van der Waals surface area contributed by atoms with E-state index in [1.807, 2.05) is 12.1 Å². The summed E-state index contributed by atoms with van der Waals surface area (Å²) >= 11 is 0. The summed E-state index contributed by atoms with van der Waals surface area (Å²) in [6.07, 6.45) is -4.29. The molecule has 100 valence electrons. The predicted molar refractivity (Wildman–Crippen MR) is 64.2 cm³/mol. The van der Waals surface area contributed by atoms with E-state index in [4.69, 9.17) is 4.74 Å². The molecule has 1 aliphatic rings. The number of halogens is 3. The lowest BCUT2D eigenvalue weighted by atomic mass is 10.3. The number of ether oxygens (including phenoxy) is 2. The first-order valence-electron chi connectivity index (χ1n) is 5.59. The molecule has 0 aliphatic carbocycles. The van der Waals surface area contributed by atoms with Gasteiger partial charge in [-0.05, 0) is 24.3 Å². The summed E-state index contributed by atoms with van der Waals surface area (Å²) in [5, 5.41) is 0. The van der Waals surface area contributed by atoms with Gasteiger partial charge >= 0.3 is 6.18 Å². The molecule has 1 heterocycles. The monoisotopic (exact) mass is 279 g/mol. The minimum atomic E-state index is -4.29. The highest BCUT2D eigenvalue weighted by atomic mass is 32.2. The van der Waals surface area contributed by atoms with Gasteiger partial charge in [0.05, 0.1) is 13.2 Å². The average molecular weight is 279 g/mol. The third-order valence-electron chi connectivity index (χ3n) is 2.51. The van der Waals surface area contributed by atoms with E-state index in [9.17, 15) is 13.2 Å². The van der Waals surface area contributed by atoms with E-state index in [0.29, 0.717) is 0 Å². The Morgan fingerprint density at radius 2 is 1.72 bits per heavy atom. The molecule has 0 radical (unpaired) electrons. The number of hydrogen-bond acceptors (Lipinski definition) is 2. The second kappa shape index (κ2) is 5.84. The standard InChI is InChI=1S/C12H14F3O2S/c13-12(14,15)9-17-10-1-3-11(4-2-10)18-7-5-16-6-8-18/h1-4H,5-9H2/q+1. The Morgan fingerprint density at radius 1 is 1.11 bits per heavy atom. The van der Waals surface area contributed by atoms with E-state index in [1.165, 1.54) is 0 Å². The van der Waals surface area contributed by atoms with E-state index >= 15 is 0 Å². The molecule has 0 bridgehead atoms. The quantitative estimate of drug-likeness (QED) is 0.792. The van der Waals surface area contributed by atoms with E-state index < -0.39 is 12.8 Å². The summed E-state index contributed by atoms with van der Waals surface area (Å²) in [7, 11) is 0.160. The third kappa shape index (κ3) is 4.10. The number of rotatable bonds is 3. The van der Waals surface area contributed by atoms with Crippen LogP contribution >= 0.6 is 0 Å². The summed E-state index contributed by atoms with van der Waals surface area (Å²) in [5.74, 6) is 2.24. The van der Waals surface area contributed by atoms with Crippen LogP contribution in [0.4, 0.5) is 13.2 Å². The zero-order valence-corrected chi connectivity index (χ0v) is 10.5. The molecule has 1 saturated heterocycles. The topological polar surface area (TPSA) is 18.5 Å². The summed E-state index contributed by atoms with van der Waals surface area (Å²) in [6, 6.07) is 6.90. The van der Waals surface area contributed by atoms with E-state index in [-0.39, 0.29) is 16.6 Å². The summed E-state index contributed by atoms with van der Waals surface area (Å²) in [4.78, 5) is 1.16. The molecule has 1 fully saturated rings. The Morgan fingerprint density at radius 3 is 2.28 bits per heavy atom. The maximum absolute atomic E-state index is 12.0. The molecule has 0 amide bonds. The smallest absolute Gasteiger partial charge is 0.422 e. The molecule has 1 aromatic carbocycles. The van der Waals surface area contributed by atoms with Gasteiger partial charge in [0.2, 0.25) is 0 Å². The Bertz CT molecular complexity index is 372. The maximum atomic E-state index is 12.0. The molecule has 0 saturated carbocycles. The molecule has 1 aromatic rings. The van der Waals surface area contributed by atoms with Gasteiger partial charge in [0.15, 0.2) is 11.5 Å². The van der Waals surface area contributed by atoms with Gasteiger partial charge in [-0.1, -0.05) is 0 Å². The van der Waals surface area contributed by atoms with Gasteiger partial charge in [0.25, 0.3) is 0 Å². The molecule has 6 heteroatoms. The predicted octanol–water partition coefficient (Wildman–Crippen LogP) is 2.64. The first-order chi connectivity index (χ1) is 8.54. The maximum Gasteiger partial charge on any atom is 0.422 e. The molecule has 0 aromatic heterocycles. The highest BCUT2D eigenvalue weighted by Gasteiger charge is 2.29. The Balaban J connectivity index is 1.92. The average Bonchev–Trinajstić information content (AvgIpc) is 2.37. The molecule has 0 unspecified atom stereocenters. The Hall–Kier alpha value is -0.880. The van der Waals surface area contributed by atoms with Crippen LogP contribution in [0.15, 0.2) is 29.2 Å². The molecule has 0 atom stereocenters. The van der Waals surface area contributed by atoms with Crippen LogP contribution in [0.25, 0.3) is 0 Å². The number of hydrogen-bond donors (Lipinski definition) is 0. The van der Waals surface area contributed by atoms with Gasteiger partial charge in [0.1, 0.15) is 17.3 Å². The molecule has 0 spiro atoms. The lowest BCUT2D eigenvalue weighted by molar-refractivity contribution is -0.153. The Kier molecular flexibility index (Phi) is 4.40. The summed E-state index contributed by atoms with van der Waals surface area (Å²) < 4.78 is 45.9. The van der Waals surface area contributed by atoms with Crippen molar-refractivity contribution in [3.63, 3.8) is 0 Å². The van der Waals surface area contributed by atoms with Crippen molar-refractivity contribution in [1.29, 1.82) is 0 Å². The van der Waals surface area contributed by atoms with Crippen molar-refractivity contribution >= 4 is 10.9 Å². The lowest BCUT2D eigenvalue weighted by Gasteiger charge is -2.14. The van der Waals surface area contributed by atoms with Crippen molar-refractivity contribution < 1.29 is 22.6 Å². The van der Waals surface area contributed by atoms with Crippen LogP contribution in [0, 0.1) is 0 Å². The second-order valence-corrected chi connectivity index (χ2v) is 6.16. The van der Waals surface area contributed by atoms with Crippen molar-refractivity contribution in [3.8, 4) is 5.75 Å². The van der Waals surface area contributed by atoms with E-state index in [0.717, 1.165) is 29.6 Å². The molecule has 18 heavy (non-hydrogen) atoms. The van der Waals surface area contributed by atoms with Gasteiger partial charge in [-0.25, -0.2) is 0 Å². The fraction of sp³-hybridized carbons (Fsp3) is 0.500. The van der Waals surface area contributed by atoms with Gasteiger partial charge in [-0.3, -0.25) is 0 Å². The highest BCUT2D eigenvalue weighted by Crippen LogP contribution is 2.22. The van der Waals surface area contributed by atoms with Crippen molar-refractivity contribution in [2.45, 2.75) is 11.1 Å². The van der Waals surface area contributed by atoms with E-state index in [1.54, 1.807) is 12.1 Å². The largest absolute Gasteiger partial charge is 0.484 e. The first kappa shape index (κ1) is 13.5. The van der Waals surface area contributed by atoms with Crippen LogP contribution in [0.1, 0.15) is 0 Å². The summed E-state index contributed by atoms with van der Waals surface area (Å²) in [6.45, 7) is 0.275. The highest BCUT2D eigenvalue weighted by molar-refractivity contribution is 7.97. The van der Waals surface area contributed by atoms with Crippen LogP contribution in [-0.4, -0.2) is 37.5 Å². The Labute approximate surface area is 106 Å². The lowest BCUT2D eigenvalue weighted by Crippen LogP contribution is -2.26. The molecule has 2 rings (SSSR count). The number of alkyl halides is 3. The molecule has 0 N–H and O–H groups in total. The van der Waals surface area contributed by atoms with Crippen LogP contribution in [0.3, 0.4) is 0 Å². The van der Waals surface area contributed by atoms with Gasteiger partial charge < -0.3 is 9.47 Å². The molecular weight excluding hydrogens is 265 g/mol. The fourth-order valence-electron chi connectivity index (χ4n) is 1.65. The van der Waals surface area contributed by atoms with Crippen molar-refractivity contribution in [3.05, 3.63) is 24.3 Å². The van der Waals surface area contributed by atoms with Crippen LogP contribution in [0.5, 0.6) is 5.75 Å². The van der Waals surface area contributed by atoms with Crippen molar-refractivity contribution in [2.24, 2.45) is 0 Å².